The van der Waals surface area contributed by atoms with Crippen molar-refractivity contribution in [2.75, 3.05) is 5.32 Å². The smallest absolute Gasteiger partial charge is 0.412 e. The molecule has 0 aliphatic rings. The van der Waals surface area contributed by atoms with Gasteiger partial charge in [0.1, 0.15) is 5.60 Å². The number of nitrogens with one attached hydrogen (secondary N) is 1. The minimum atomic E-state index is -0.508. The third kappa shape index (κ3) is 4.56. The Labute approximate surface area is 115 Å². The lowest BCUT2D eigenvalue weighted by molar-refractivity contribution is 0.0636. The molecule has 1 unspecified atom stereocenters. The van der Waals surface area contributed by atoms with E-state index in [1.807, 2.05) is 53.7 Å². The quantitative estimate of drug-likeness (QED) is 0.856. The highest BCUT2D eigenvalue weighted by Gasteiger charge is 2.17. The number of hydrogen-bond donors (Lipinski definition) is 2. The fraction of sp³-hybridized carbons (Fsp3) is 0.533. The van der Waals surface area contributed by atoms with Crippen LogP contribution in [0, 0.1) is 13.8 Å². The van der Waals surface area contributed by atoms with Crippen molar-refractivity contribution < 1.29 is 9.53 Å². The van der Waals surface area contributed by atoms with Gasteiger partial charge in [0, 0.05) is 11.7 Å². The molecule has 4 heteroatoms. The monoisotopic (exact) mass is 264 g/mol. The summed E-state index contributed by atoms with van der Waals surface area (Å²) in [5, 5.41) is 2.79. The Kier molecular flexibility index (Phi) is 4.58. The topological polar surface area (TPSA) is 64.3 Å². The molecule has 1 rings (SSSR count). The third-order valence-electron chi connectivity index (χ3n) is 2.85. The number of ether oxygens (including phenoxy) is 1. The lowest BCUT2D eigenvalue weighted by Crippen LogP contribution is -2.27. The highest BCUT2D eigenvalue weighted by molar-refractivity contribution is 5.86. The normalized spacial score (nSPS) is 13.0. The number of rotatable bonds is 2. The lowest BCUT2D eigenvalue weighted by atomic mass is 10.0. The maximum atomic E-state index is 11.8. The molecule has 0 radical (unpaired) electrons. The number of benzene rings is 1. The number of hydrogen-bond acceptors (Lipinski definition) is 3. The van der Waals surface area contributed by atoms with Gasteiger partial charge in [-0.05, 0) is 64.3 Å². The summed E-state index contributed by atoms with van der Waals surface area (Å²) in [5.74, 6) is 0. The van der Waals surface area contributed by atoms with Gasteiger partial charge in [-0.2, -0.15) is 0 Å². The second-order valence-corrected chi connectivity index (χ2v) is 5.93. The molecule has 0 heterocycles. The Bertz CT molecular complexity index is 474. The summed E-state index contributed by atoms with van der Waals surface area (Å²) >= 11 is 0. The molecule has 0 aliphatic carbocycles. The predicted molar refractivity (Wildman–Crippen MR) is 78.4 cm³/mol. The van der Waals surface area contributed by atoms with Gasteiger partial charge in [-0.15, -0.1) is 0 Å². The Balaban J connectivity index is 2.97. The van der Waals surface area contributed by atoms with E-state index in [4.69, 9.17) is 10.5 Å². The molecule has 1 atom stereocenters. The third-order valence-corrected chi connectivity index (χ3v) is 2.85. The van der Waals surface area contributed by atoms with Crippen LogP contribution in [-0.2, 0) is 4.74 Å². The number of aryl methyl sites for hydroxylation is 1. The maximum Gasteiger partial charge on any atom is 0.412 e. The van der Waals surface area contributed by atoms with Crippen LogP contribution in [0.4, 0.5) is 10.5 Å². The second-order valence-electron chi connectivity index (χ2n) is 5.93. The molecule has 0 saturated carbocycles. The van der Waals surface area contributed by atoms with Gasteiger partial charge in [0.25, 0.3) is 0 Å². The average Bonchev–Trinajstić information content (AvgIpc) is 2.21. The van der Waals surface area contributed by atoms with Crippen molar-refractivity contribution in [1.29, 1.82) is 0 Å². The number of anilines is 1. The van der Waals surface area contributed by atoms with Crippen molar-refractivity contribution >= 4 is 11.8 Å². The fourth-order valence-electron chi connectivity index (χ4n) is 1.69. The van der Waals surface area contributed by atoms with Crippen molar-refractivity contribution in [3.8, 4) is 0 Å². The molecule has 0 aliphatic heterocycles. The molecule has 0 bridgehead atoms. The SMILES string of the molecule is Cc1cc(C(C)N)cc(NC(=O)OC(C)(C)C)c1C. The van der Waals surface area contributed by atoms with Crippen LogP contribution in [0.15, 0.2) is 12.1 Å². The minimum Gasteiger partial charge on any atom is -0.444 e. The molecule has 0 fully saturated rings. The molecule has 3 N–H and O–H groups in total. The first kappa shape index (κ1) is 15.5. The summed E-state index contributed by atoms with van der Waals surface area (Å²) in [6.07, 6.45) is -0.447. The van der Waals surface area contributed by atoms with Gasteiger partial charge in [0.05, 0.1) is 0 Å². The number of nitrogens with two attached hydrogens (primary N) is 1. The van der Waals surface area contributed by atoms with Crippen molar-refractivity contribution in [2.45, 2.75) is 53.2 Å². The molecule has 106 valence electrons. The van der Waals surface area contributed by atoms with E-state index in [0.717, 1.165) is 22.4 Å². The molecule has 1 aromatic rings. The number of carbonyl (C=O) groups is 1. The van der Waals surface area contributed by atoms with Crippen LogP contribution in [0.3, 0.4) is 0 Å². The summed E-state index contributed by atoms with van der Waals surface area (Å²) in [7, 11) is 0. The van der Waals surface area contributed by atoms with Crippen LogP contribution in [0.25, 0.3) is 0 Å². The summed E-state index contributed by atoms with van der Waals surface area (Å²) in [5.41, 5.74) is 9.25. The van der Waals surface area contributed by atoms with Crippen LogP contribution in [0.5, 0.6) is 0 Å². The second kappa shape index (κ2) is 5.61. The van der Waals surface area contributed by atoms with Crippen LogP contribution in [0.1, 0.15) is 50.4 Å². The van der Waals surface area contributed by atoms with E-state index in [0.29, 0.717) is 0 Å². The summed E-state index contributed by atoms with van der Waals surface area (Å²) < 4.78 is 5.26. The first-order valence-electron chi connectivity index (χ1n) is 6.47. The first-order valence-corrected chi connectivity index (χ1v) is 6.47. The highest BCUT2D eigenvalue weighted by atomic mass is 16.6. The Morgan fingerprint density at radius 3 is 2.37 bits per heavy atom. The Morgan fingerprint density at radius 2 is 1.89 bits per heavy atom. The largest absolute Gasteiger partial charge is 0.444 e. The van der Waals surface area contributed by atoms with E-state index >= 15 is 0 Å². The standard InChI is InChI=1S/C15H24N2O2/c1-9-7-12(11(3)16)8-13(10(9)2)17-14(18)19-15(4,5)6/h7-8,11H,16H2,1-6H3,(H,17,18). The van der Waals surface area contributed by atoms with Crippen molar-refractivity contribution in [3.05, 3.63) is 28.8 Å². The summed E-state index contributed by atoms with van der Waals surface area (Å²) in [6, 6.07) is 3.87. The van der Waals surface area contributed by atoms with E-state index in [-0.39, 0.29) is 6.04 Å². The van der Waals surface area contributed by atoms with Crippen LogP contribution >= 0.6 is 0 Å². The minimum absolute atomic E-state index is 0.0708. The molecule has 0 spiro atoms. The Morgan fingerprint density at radius 1 is 1.32 bits per heavy atom. The van der Waals surface area contributed by atoms with Gasteiger partial charge in [-0.3, -0.25) is 5.32 Å². The average molecular weight is 264 g/mol. The van der Waals surface area contributed by atoms with Crippen LogP contribution < -0.4 is 11.1 Å². The van der Waals surface area contributed by atoms with Crippen molar-refractivity contribution in [2.24, 2.45) is 5.73 Å². The summed E-state index contributed by atoms with van der Waals surface area (Å²) in [4.78, 5) is 11.8. The maximum absolute atomic E-state index is 11.8. The molecule has 0 saturated heterocycles. The lowest BCUT2D eigenvalue weighted by Gasteiger charge is -2.21. The van der Waals surface area contributed by atoms with E-state index in [1.165, 1.54) is 0 Å². The van der Waals surface area contributed by atoms with Gasteiger partial charge in [-0.25, -0.2) is 4.79 Å². The molecule has 19 heavy (non-hydrogen) atoms. The first-order chi connectivity index (χ1) is 8.60. The van der Waals surface area contributed by atoms with Gasteiger partial charge >= 0.3 is 6.09 Å². The van der Waals surface area contributed by atoms with Crippen LogP contribution in [-0.4, -0.2) is 11.7 Å². The fourth-order valence-corrected chi connectivity index (χ4v) is 1.69. The highest BCUT2D eigenvalue weighted by Crippen LogP contribution is 2.24. The van der Waals surface area contributed by atoms with Crippen molar-refractivity contribution in [1.82, 2.24) is 0 Å². The molecule has 1 amide bonds. The molecule has 1 aromatic carbocycles. The number of carbonyl (C=O) groups excluding carboxylic acids is 1. The van der Waals surface area contributed by atoms with Gasteiger partial charge < -0.3 is 10.5 Å². The van der Waals surface area contributed by atoms with Crippen LogP contribution in [0.2, 0.25) is 0 Å². The Hall–Kier alpha value is -1.55. The predicted octanol–water partition coefficient (Wildman–Crippen LogP) is 3.67. The van der Waals surface area contributed by atoms with Gasteiger partial charge in [0.2, 0.25) is 0 Å². The summed E-state index contributed by atoms with van der Waals surface area (Å²) in [6.45, 7) is 11.4. The zero-order valence-electron chi connectivity index (χ0n) is 12.6. The zero-order chi connectivity index (χ0) is 14.8. The van der Waals surface area contributed by atoms with E-state index < -0.39 is 11.7 Å². The van der Waals surface area contributed by atoms with Gasteiger partial charge in [-0.1, -0.05) is 6.07 Å². The van der Waals surface area contributed by atoms with E-state index in [9.17, 15) is 4.79 Å². The molecule has 4 nitrogen and oxygen atoms in total. The number of amides is 1. The molecule has 0 aromatic heterocycles. The van der Waals surface area contributed by atoms with Gasteiger partial charge in [0.15, 0.2) is 0 Å². The van der Waals surface area contributed by atoms with E-state index in [2.05, 4.69) is 5.32 Å². The zero-order valence-corrected chi connectivity index (χ0v) is 12.6. The molecular formula is C15H24N2O2. The van der Waals surface area contributed by atoms with Crippen molar-refractivity contribution in [3.63, 3.8) is 0 Å². The van der Waals surface area contributed by atoms with E-state index in [1.54, 1.807) is 0 Å². The molecular weight excluding hydrogens is 240 g/mol.